The van der Waals surface area contributed by atoms with Gasteiger partial charge in [0.05, 0.1) is 12.1 Å². The van der Waals surface area contributed by atoms with E-state index < -0.39 is 0 Å². The monoisotopic (exact) mass is 422 g/mol. The molecular formula is C20H26N2S4. The molecule has 1 aliphatic heterocycles. The van der Waals surface area contributed by atoms with Gasteiger partial charge in [0.1, 0.15) is 0 Å². The summed E-state index contributed by atoms with van der Waals surface area (Å²) >= 11 is 7.66. The highest BCUT2D eigenvalue weighted by Crippen LogP contribution is 2.26. The first-order valence-corrected chi connectivity index (χ1v) is 13.2. The van der Waals surface area contributed by atoms with Crippen LogP contribution >= 0.6 is 47.0 Å². The van der Waals surface area contributed by atoms with Gasteiger partial charge in [0.25, 0.3) is 0 Å². The van der Waals surface area contributed by atoms with Crippen molar-refractivity contribution in [3.63, 3.8) is 0 Å². The highest BCUT2D eigenvalue weighted by molar-refractivity contribution is 8.05. The fourth-order valence-electron chi connectivity index (χ4n) is 2.81. The third-order valence-corrected chi connectivity index (χ3v) is 8.72. The Balaban J connectivity index is 1.65. The average Bonchev–Trinajstić information content (AvgIpc) is 2.64. The van der Waals surface area contributed by atoms with Crippen molar-refractivity contribution >= 4 is 47.0 Å². The van der Waals surface area contributed by atoms with Crippen LogP contribution in [0.1, 0.15) is 0 Å². The normalized spacial score (nSPS) is 32.2. The molecule has 2 unspecified atom stereocenters. The lowest BCUT2D eigenvalue weighted by Gasteiger charge is -2.21. The Hall–Kier alpha value is -0.240. The molecule has 3 rings (SSSR count). The molecule has 4 N–H and O–H groups in total. The summed E-state index contributed by atoms with van der Waals surface area (Å²) in [4.78, 5) is 0. The Labute approximate surface area is 174 Å². The Morgan fingerprint density at radius 3 is 1.62 bits per heavy atom. The van der Waals surface area contributed by atoms with Gasteiger partial charge in [-0.2, -0.15) is 23.5 Å². The van der Waals surface area contributed by atoms with Gasteiger partial charge in [-0.25, -0.2) is 0 Å². The quantitative estimate of drug-likeness (QED) is 0.605. The summed E-state index contributed by atoms with van der Waals surface area (Å²) < 4.78 is 0. The maximum absolute atomic E-state index is 6.45. The van der Waals surface area contributed by atoms with E-state index in [-0.39, 0.29) is 12.1 Å². The van der Waals surface area contributed by atoms with Crippen molar-refractivity contribution in [3.05, 3.63) is 69.6 Å². The molecule has 140 valence electrons. The van der Waals surface area contributed by atoms with Gasteiger partial charge in [-0.05, 0) is 33.1 Å². The van der Waals surface area contributed by atoms with E-state index in [2.05, 4.69) is 47.3 Å². The molecule has 2 aliphatic carbocycles. The van der Waals surface area contributed by atoms with Crippen LogP contribution in [0, 0.1) is 0 Å². The topological polar surface area (TPSA) is 52.0 Å². The number of nitrogens with two attached hydrogens (primary N) is 2. The molecule has 1 heterocycles. The molecule has 0 aromatic carbocycles. The van der Waals surface area contributed by atoms with E-state index in [4.69, 9.17) is 11.5 Å². The molecule has 4 bridgehead atoms. The van der Waals surface area contributed by atoms with Gasteiger partial charge < -0.3 is 11.5 Å². The van der Waals surface area contributed by atoms with E-state index in [1.807, 2.05) is 47.0 Å². The summed E-state index contributed by atoms with van der Waals surface area (Å²) in [7, 11) is 0. The highest BCUT2D eigenvalue weighted by Gasteiger charge is 2.17. The minimum Gasteiger partial charge on any atom is -0.320 e. The lowest BCUT2D eigenvalue weighted by atomic mass is 9.97. The van der Waals surface area contributed by atoms with Gasteiger partial charge in [-0.3, -0.25) is 0 Å². The number of hydrogen-bond donors (Lipinski definition) is 2. The molecule has 0 aromatic heterocycles. The zero-order chi connectivity index (χ0) is 18.2. The second kappa shape index (κ2) is 10.9. The molecule has 0 radical (unpaired) electrons. The van der Waals surface area contributed by atoms with Gasteiger partial charge in [0.2, 0.25) is 0 Å². The molecule has 0 amide bonds. The molecule has 0 saturated heterocycles. The first kappa shape index (κ1) is 20.5. The fraction of sp³-hybridized carbons (Fsp3) is 0.400. The second-order valence-corrected chi connectivity index (χ2v) is 10.4. The molecule has 6 heteroatoms. The fourth-order valence-corrected chi connectivity index (χ4v) is 6.91. The van der Waals surface area contributed by atoms with Crippen molar-refractivity contribution in [2.24, 2.45) is 11.5 Å². The van der Waals surface area contributed by atoms with Crippen LogP contribution in [0.25, 0.3) is 0 Å². The molecule has 0 aromatic rings. The number of rotatable bonds is 0. The van der Waals surface area contributed by atoms with Gasteiger partial charge in [0, 0.05) is 34.5 Å². The van der Waals surface area contributed by atoms with E-state index in [9.17, 15) is 0 Å². The van der Waals surface area contributed by atoms with E-state index in [0.29, 0.717) is 0 Å². The van der Waals surface area contributed by atoms with Crippen LogP contribution in [0.15, 0.2) is 69.6 Å². The molecule has 2 atom stereocenters. The van der Waals surface area contributed by atoms with Crippen molar-refractivity contribution in [2.75, 3.05) is 34.5 Å². The van der Waals surface area contributed by atoms with Crippen LogP contribution < -0.4 is 11.5 Å². The highest BCUT2D eigenvalue weighted by atomic mass is 32.2. The first-order valence-electron chi connectivity index (χ1n) is 8.80. The molecule has 2 nitrogen and oxygen atoms in total. The predicted molar refractivity (Wildman–Crippen MR) is 126 cm³/mol. The third-order valence-electron chi connectivity index (χ3n) is 4.38. The second-order valence-electron chi connectivity index (χ2n) is 6.24. The average molecular weight is 423 g/mol. The Morgan fingerprint density at radius 1 is 0.692 bits per heavy atom. The summed E-state index contributed by atoms with van der Waals surface area (Å²) in [5.41, 5.74) is 18.0. The number of hydrogen-bond acceptors (Lipinski definition) is 6. The predicted octanol–water partition coefficient (Wildman–Crippen LogP) is 4.35. The summed E-state index contributed by atoms with van der Waals surface area (Å²) in [5, 5.41) is 4.49. The van der Waals surface area contributed by atoms with Crippen molar-refractivity contribution in [1.82, 2.24) is 0 Å². The summed E-state index contributed by atoms with van der Waals surface area (Å²) in [6.45, 7) is 0. The molecule has 0 saturated carbocycles. The SMILES string of the molecule is NC1C2=CC=C/C1=C/SCCSCC1=CC=C/C(=C/SCCSC2)C1N. The third kappa shape index (κ3) is 5.88. The van der Waals surface area contributed by atoms with E-state index in [1.165, 1.54) is 22.3 Å². The van der Waals surface area contributed by atoms with E-state index >= 15 is 0 Å². The zero-order valence-electron chi connectivity index (χ0n) is 14.8. The lowest BCUT2D eigenvalue weighted by Crippen LogP contribution is -2.27. The number of fused-ring (bicyclic) bond motifs is 4. The minimum absolute atomic E-state index is 0.0500. The molecular weight excluding hydrogens is 397 g/mol. The van der Waals surface area contributed by atoms with Crippen molar-refractivity contribution in [3.8, 4) is 0 Å². The van der Waals surface area contributed by atoms with Gasteiger partial charge >= 0.3 is 0 Å². The maximum atomic E-state index is 6.45. The van der Waals surface area contributed by atoms with Crippen LogP contribution in [0.2, 0.25) is 0 Å². The lowest BCUT2D eigenvalue weighted by molar-refractivity contribution is 0.907. The molecule has 0 fully saturated rings. The molecule has 0 spiro atoms. The zero-order valence-corrected chi connectivity index (χ0v) is 18.1. The van der Waals surface area contributed by atoms with E-state index in [1.54, 1.807) is 0 Å². The van der Waals surface area contributed by atoms with Gasteiger partial charge in [-0.15, -0.1) is 23.5 Å². The molecule has 3 aliphatic rings. The Kier molecular flexibility index (Phi) is 8.62. The smallest absolute Gasteiger partial charge is 0.0527 e. The minimum atomic E-state index is 0.0500. The first-order chi connectivity index (χ1) is 12.8. The van der Waals surface area contributed by atoms with Crippen molar-refractivity contribution in [1.29, 1.82) is 0 Å². The van der Waals surface area contributed by atoms with Crippen LogP contribution in [0.3, 0.4) is 0 Å². The van der Waals surface area contributed by atoms with Crippen LogP contribution in [0.5, 0.6) is 0 Å². The number of thioether (sulfide) groups is 4. The standard InChI is InChI=1S/C20H26N2S4/c21-19-15-3-1-4-16(19)12-24-8-10-26-14-18-6-2-5-17(20(18)22)13-25-9-7-23-11-15/h1-6,11,14,19-20H,7-10,12-13,21-22H2/b15-11-,18-14-. The summed E-state index contributed by atoms with van der Waals surface area (Å²) in [6, 6.07) is 0.0999. The maximum Gasteiger partial charge on any atom is 0.0527 e. The van der Waals surface area contributed by atoms with Gasteiger partial charge in [0.15, 0.2) is 0 Å². The van der Waals surface area contributed by atoms with E-state index in [0.717, 1.165) is 34.5 Å². The summed E-state index contributed by atoms with van der Waals surface area (Å²) in [5.74, 6) is 6.44. The number of allylic oxidation sites excluding steroid dienone is 4. The van der Waals surface area contributed by atoms with Crippen LogP contribution in [-0.4, -0.2) is 46.6 Å². The molecule has 26 heavy (non-hydrogen) atoms. The van der Waals surface area contributed by atoms with Crippen LogP contribution in [0.4, 0.5) is 0 Å². The van der Waals surface area contributed by atoms with Gasteiger partial charge in [-0.1, -0.05) is 36.5 Å². The Bertz CT molecular complexity index is 615. The summed E-state index contributed by atoms with van der Waals surface area (Å²) in [6.07, 6.45) is 12.9. The van der Waals surface area contributed by atoms with Crippen LogP contribution in [-0.2, 0) is 0 Å². The largest absolute Gasteiger partial charge is 0.320 e. The van der Waals surface area contributed by atoms with Crippen molar-refractivity contribution in [2.45, 2.75) is 12.1 Å². The van der Waals surface area contributed by atoms with Crippen molar-refractivity contribution < 1.29 is 0 Å². The Morgan fingerprint density at radius 2 is 1.15 bits per heavy atom.